The fourth-order valence-corrected chi connectivity index (χ4v) is 16.5. The summed E-state index contributed by atoms with van der Waals surface area (Å²) < 4.78 is 7.00. The summed E-state index contributed by atoms with van der Waals surface area (Å²) in [7, 11) is 0. The Morgan fingerprint density at radius 2 is 0.856 bits per heavy atom. The van der Waals surface area contributed by atoms with E-state index in [9.17, 15) is 0 Å². The molecule has 97 heavy (non-hydrogen) atoms. The largest absolute Gasteiger partial charge is 0.311 e. The highest BCUT2D eigenvalue weighted by molar-refractivity contribution is 7.00. The first-order valence-corrected chi connectivity index (χ1v) is 33.6. The van der Waals surface area contributed by atoms with Crippen LogP contribution in [0.5, 0.6) is 0 Å². The Kier molecular flexibility index (Phi) is 11.6. The monoisotopic (exact) mass is 1240 g/mol. The molecule has 458 valence electrons. The topological polar surface area (TPSA) is 82.5 Å². The molecule has 0 radical (unpaired) electrons. The third kappa shape index (κ3) is 8.04. The van der Waals surface area contributed by atoms with Crippen molar-refractivity contribution in [3.63, 3.8) is 0 Å². The Balaban J connectivity index is 0.971. The fraction of sp³-hybridized carbons (Fsp3) is 0.0920. The summed E-state index contributed by atoms with van der Waals surface area (Å²) in [4.78, 5) is 29.1. The van der Waals surface area contributed by atoms with Crippen molar-refractivity contribution in [3.8, 4) is 51.2 Å². The normalized spacial score (nSPS) is 13.0. The van der Waals surface area contributed by atoms with E-state index < -0.39 is 0 Å². The van der Waals surface area contributed by atoms with Gasteiger partial charge in [0, 0.05) is 96.3 Å². The second-order valence-electron chi connectivity index (χ2n) is 28.4. The van der Waals surface area contributed by atoms with E-state index in [1.807, 2.05) is 24.8 Å². The standard InChI is InChI=1S/C87H62BN9/c1-86(2,3)54-32-35-56(36-33-54)94-75-38-34-55(87(4,5)6)48-69(75)88-70-45-52(58-23-11-10-22-57(58)51-20-8-7-9-21-51)44-66-80-76(39-37-65-61-26-13-12-24-59(61)60-25-14-15-29-64(60)79(65)80)95(82(66)70)78-47-53(46-77(94)81(78)88)83-91-84(96-71-30-18-16-27-62(71)67-49-89-42-40-73(67)96)93-85(92-83)97-72-31-19-17-28-63(72)68-50-90-43-41-74(68)97/h7-50H,1-6H3. The van der Waals surface area contributed by atoms with Crippen molar-refractivity contribution in [2.45, 2.75) is 52.4 Å². The van der Waals surface area contributed by atoms with Crippen molar-refractivity contribution in [1.82, 2.24) is 38.6 Å². The maximum atomic E-state index is 5.79. The van der Waals surface area contributed by atoms with Gasteiger partial charge in [0.1, 0.15) is 0 Å². The Bertz CT molecular complexity index is 6150. The van der Waals surface area contributed by atoms with Gasteiger partial charge in [0.2, 0.25) is 11.9 Å². The van der Waals surface area contributed by atoms with Crippen LogP contribution in [0, 0.1) is 0 Å². The molecule has 0 aliphatic carbocycles. The third-order valence-electron chi connectivity index (χ3n) is 21.0. The molecule has 6 aromatic heterocycles. The molecule has 9 nitrogen and oxygen atoms in total. The minimum Gasteiger partial charge on any atom is -0.311 e. The van der Waals surface area contributed by atoms with Crippen LogP contribution in [-0.2, 0) is 10.8 Å². The Morgan fingerprint density at radius 3 is 1.48 bits per heavy atom. The van der Waals surface area contributed by atoms with E-state index in [1.54, 1.807) is 0 Å². The highest BCUT2D eigenvalue weighted by Gasteiger charge is 2.44. The zero-order chi connectivity index (χ0) is 64.7. The van der Waals surface area contributed by atoms with Gasteiger partial charge >= 0.3 is 0 Å². The molecule has 0 atom stereocenters. The summed E-state index contributed by atoms with van der Waals surface area (Å²) in [5.74, 6) is 1.51. The first kappa shape index (κ1) is 55.4. The molecule has 0 spiro atoms. The lowest BCUT2D eigenvalue weighted by atomic mass is 9.33. The molecule has 2 aliphatic rings. The zero-order valence-corrected chi connectivity index (χ0v) is 54.5. The zero-order valence-electron chi connectivity index (χ0n) is 54.5. The predicted octanol–water partition coefficient (Wildman–Crippen LogP) is 19.6. The summed E-state index contributed by atoms with van der Waals surface area (Å²) >= 11 is 0. The smallest absolute Gasteiger partial charge is 0.252 e. The van der Waals surface area contributed by atoms with Gasteiger partial charge in [0.05, 0.1) is 27.6 Å². The van der Waals surface area contributed by atoms with E-state index in [0.717, 1.165) is 77.4 Å². The minimum absolute atomic E-state index is 0.0683. The molecule has 18 aromatic rings. The number of rotatable bonds is 6. The lowest BCUT2D eigenvalue weighted by molar-refractivity contribution is 0.590. The van der Waals surface area contributed by atoms with Crippen LogP contribution in [0.4, 0.5) is 17.1 Å². The summed E-state index contributed by atoms with van der Waals surface area (Å²) in [5, 5.41) is 14.0. The number of pyridine rings is 2. The lowest BCUT2D eigenvalue weighted by Gasteiger charge is -2.41. The van der Waals surface area contributed by atoms with Gasteiger partial charge in [0.15, 0.2) is 5.82 Å². The Labute approximate surface area is 560 Å². The van der Waals surface area contributed by atoms with Crippen LogP contribution in [0.25, 0.3) is 149 Å². The van der Waals surface area contributed by atoms with Gasteiger partial charge in [-0.1, -0.05) is 217 Å². The third-order valence-corrected chi connectivity index (χ3v) is 21.0. The van der Waals surface area contributed by atoms with Crippen LogP contribution in [-0.4, -0.2) is 45.3 Å². The van der Waals surface area contributed by atoms with Crippen molar-refractivity contribution in [1.29, 1.82) is 0 Å². The van der Waals surface area contributed by atoms with Gasteiger partial charge in [-0.15, -0.1) is 0 Å². The van der Waals surface area contributed by atoms with Crippen molar-refractivity contribution in [3.05, 3.63) is 279 Å². The van der Waals surface area contributed by atoms with E-state index >= 15 is 0 Å². The molecule has 2 aliphatic heterocycles. The van der Waals surface area contributed by atoms with Crippen molar-refractivity contribution >= 4 is 138 Å². The molecule has 12 aromatic carbocycles. The fourth-order valence-electron chi connectivity index (χ4n) is 16.5. The number of fused-ring (bicyclic) bond motifs is 20. The SMILES string of the molecule is CC(C)(C)c1ccc(N2c3ccc(C(C)(C)C)cc3B3c4c2cc(-c2nc(-n5c6ccccc6c6cnccc65)nc(-n5c6ccccc6c6cnccc65)n2)cc4-n2c4ccc5c6ccccc6c6ccccc6c5c4c4cc(-c5ccccc5-c5ccccc5)cc3c42)cc1. The molecule has 0 saturated carbocycles. The van der Waals surface area contributed by atoms with Crippen LogP contribution >= 0.6 is 0 Å². The molecule has 0 bridgehead atoms. The number of hydrogen-bond acceptors (Lipinski definition) is 6. The molecule has 0 unspecified atom stereocenters. The van der Waals surface area contributed by atoms with Crippen molar-refractivity contribution < 1.29 is 0 Å². The number of para-hydroxylation sites is 2. The van der Waals surface area contributed by atoms with Gasteiger partial charge in [-0.2, -0.15) is 15.0 Å². The Morgan fingerprint density at radius 1 is 0.330 bits per heavy atom. The van der Waals surface area contributed by atoms with E-state index in [0.29, 0.717) is 17.7 Å². The average molecular weight is 1240 g/mol. The second kappa shape index (κ2) is 20.3. The van der Waals surface area contributed by atoms with Gasteiger partial charge in [-0.05, 0) is 154 Å². The maximum Gasteiger partial charge on any atom is 0.252 e. The molecular formula is C87H62BN9. The highest BCUT2D eigenvalue weighted by Crippen LogP contribution is 2.49. The number of aromatic nitrogens is 8. The van der Waals surface area contributed by atoms with Crippen LogP contribution in [0.2, 0.25) is 0 Å². The van der Waals surface area contributed by atoms with Gasteiger partial charge in [-0.3, -0.25) is 19.1 Å². The molecule has 0 amide bonds. The summed E-state index contributed by atoms with van der Waals surface area (Å²) in [6.45, 7) is 13.7. The van der Waals surface area contributed by atoms with Crippen molar-refractivity contribution in [2.75, 3.05) is 4.90 Å². The molecule has 0 N–H and O–H groups in total. The highest BCUT2D eigenvalue weighted by atomic mass is 15.3. The van der Waals surface area contributed by atoms with Crippen LogP contribution in [0.1, 0.15) is 52.7 Å². The van der Waals surface area contributed by atoms with E-state index in [-0.39, 0.29) is 17.5 Å². The number of hydrogen-bond donors (Lipinski definition) is 0. The number of anilines is 3. The molecule has 20 rings (SSSR count). The average Bonchev–Trinajstić information content (AvgIpc) is 1.61. The summed E-state index contributed by atoms with van der Waals surface area (Å²) in [5.41, 5.74) is 22.1. The van der Waals surface area contributed by atoms with Crippen molar-refractivity contribution in [2.24, 2.45) is 0 Å². The predicted molar refractivity (Wildman–Crippen MR) is 404 cm³/mol. The molecule has 0 saturated heterocycles. The second-order valence-corrected chi connectivity index (χ2v) is 28.4. The summed E-state index contributed by atoms with van der Waals surface area (Å²) in [6.07, 6.45) is 7.61. The minimum atomic E-state index is -0.227. The molecular weight excluding hydrogens is 1180 g/mol. The van der Waals surface area contributed by atoms with Crippen LogP contribution < -0.4 is 21.3 Å². The van der Waals surface area contributed by atoms with Crippen LogP contribution in [0.3, 0.4) is 0 Å². The van der Waals surface area contributed by atoms with Gasteiger partial charge in [0.25, 0.3) is 6.71 Å². The summed E-state index contributed by atoms with van der Waals surface area (Å²) in [6, 6.07) is 90.3. The number of nitrogens with zero attached hydrogens (tertiary/aromatic N) is 9. The van der Waals surface area contributed by atoms with Crippen LogP contribution in [0.15, 0.2) is 267 Å². The van der Waals surface area contributed by atoms with E-state index in [2.05, 4.69) is 313 Å². The van der Waals surface area contributed by atoms with Gasteiger partial charge < -0.3 is 9.47 Å². The quantitative estimate of drug-likeness (QED) is 0.122. The van der Waals surface area contributed by atoms with E-state index in [1.165, 1.54) is 98.4 Å². The molecule has 8 heterocycles. The number of benzene rings is 12. The Hall–Kier alpha value is -12.0. The van der Waals surface area contributed by atoms with E-state index in [4.69, 9.17) is 15.0 Å². The maximum absolute atomic E-state index is 5.79. The first-order valence-electron chi connectivity index (χ1n) is 33.6. The molecule has 0 fully saturated rings. The van der Waals surface area contributed by atoms with Gasteiger partial charge in [-0.25, -0.2) is 0 Å². The first-order chi connectivity index (χ1) is 47.4. The lowest BCUT2D eigenvalue weighted by Crippen LogP contribution is -2.60. The molecule has 10 heteroatoms.